The third-order valence-electron chi connectivity index (χ3n) is 4.83. The Balaban J connectivity index is 1.79. The van der Waals surface area contributed by atoms with Gasteiger partial charge in [-0.15, -0.1) is 0 Å². The molecule has 0 aromatic heterocycles. The van der Waals surface area contributed by atoms with Crippen LogP contribution in [0.25, 0.3) is 10.8 Å². The second-order valence-electron chi connectivity index (χ2n) is 7.13. The van der Waals surface area contributed by atoms with Gasteiger partial charge in [0.2, 0.25) is 0 Å². The number of esters is 1. The number of rotatable bonds is 8. The van der Waals surface area contributed by atoms with E-state index in [1.165, 1.54) is 0 Å². The van der Waals surface area contributed by atoms with Crippen molar-refractivity contribution < 1.29 is 24.2 Å². The van der Waals surface area contributed by atoms with Crippen LogP contribution >= 0.6 is 12.6 Å². The Bertz CT molecular complexity index is 1050. The molecule has 162 valence electrons. The molecular weight excluding hydrogens is 414 g/mol. The fourth-order valence-corrected chi connectivity index (χ4v) is 3.37. The zero-order valence-electron chi connectivity index (χ0n) is 17.2. The van der Waals surface area contributed by atoms with Gasteiger partial charge in [0.15, 0.2) is 0 Å². The first-order valence-electron chi connectivity index (χ1n) is 9.99. The molecule has 6 nitrogen and oxygen atoms in total. The number of hydrogen-bond acceptors (Lipinski definition) is 6. The lowest BCUT2D eigenvalue weighted by atomic mass is 9.97. The van der Waals surface area contributed by atoms with Gasteiger partial charge in [-0.3, -0.25) is 10.1 Å². The second kappa shape index (κ2) is 10.7. The lowest BCUT2D eigenvalue weighted by Gasteiger charge is -2.21. The van der Waals surface area contributed by atoms with E-state index in [0.717, 1.165) is 16.5 Å². The fourth-order valence-electron chi connectivity index (χ4n) is 3.28. The summed E-state index contributed by atoms with van der Waals surface area (Å²) in [5.74, 6) is -0.223. The smallest absolute Gasteiger partial charge is 0.412 e. The highest BCUT2D eigenvalue weighted by Gasteiger charge is 2.20. The van der Waals surface area contributed by atoms with Crippen LogP contribution in [0.15, 0.2) is 60.7 Å². The molecule has 0 aliphatic heterocycles. The zero-order valence-corrected chi connectivity index (χ0v) is 18.1. The monoisotopic (exact) mass is 439 g/mol. The maximum atomic E-state index is 12.6. The van der Waals surface area contributed by atoms with Crippen molar-refractivity contribution in [1.82, 2.24) is 0 Å². The first kappa shape index (κ1) is 22.5. The molecular formula is C24H25NO5S. The van der Waals surface area contributed by atoms with E-state index in [9.17, 15) is 14.7 Å². The Kier molecular flexibility index (Phi) is 7.78. The number of fused-ring (bicyclic) bond motifs is 1. The molecule has 0 bridgehead atoms. The summed E-state index contributed by atoms with van der Waals surface area (Å²) >= 11 is 3.89. The van der Waals surface area contributed by atoms with Crippen LogP contribution in [0.2, 0.25) is 0 Å². The van der Waals surface area contributed by atoms with E-state index in [2.05, 4.69) is 17.9 Å². The normalized spacial score (nSPS) is 11.7. The Morgan fingerprint density at radius 2 is 1.74 bits per heavy atom. The van der Waals surface area contributed by atoms with Gasteiger partial charge in [-0.05, 0) is 43.4 Å². The highest BCUT2D eigenvalue weighted by atomic mass is 32.1. The van der Waals surface area contributed by atoms with Gasteiger partial charge < -0.3 is 14.6 Å². The lowest BCUT2D eigenvalue weighted by molar-refractivity contribution is -0.140. The third kappa shape index (κ3) is 6.15. The van der Waals surface area contributed by atoms with Gasteiger partial charge in [-0.2, -0.15) is 12.6 Å². The molecule has 0 heterocycles. The van der Waals surface area contributed by atoms with Crippen molar-refractivity contribution in [2.75, 3.05) is 17.7 Å². The second-order valence-corrected chi connectivity index (χ2v) is 7.44. The largest absolute Gasteiger partial charge is 0.507 e. The van der Waals surface area contributed by atoms with Crippen LogP contribution in [0.1, 0.15) is 30.1 Å². The molecule has 0 unspecified atom stereocenters. The van der Waals surface area contributed by atoms with E-state index in [1.807, 2.05) is 43.3 Å². The minimum absolute atomic E-state index is 0.0154. The number of phenols is 1. The van der Waals surface area contributed by atoms with Crippen molar-refractivity contribution >= 4 is 41.2 Å². The van der Waals surface area contributed by atoms with Crippen molar-refractivity contribution in [3.05, 3.63) is 71.8 Å². The van der Waals surface area contributed by atoms with Crippen LogP contribution in [0.3, 0.4) is 0 Å². The molecule has 0 aliphatic carbocycles. The average molecular weight is 440 g/mol. The minimum Gasteiger partial charge on any atom is -0.507 e. The number of carbonyl (C=O) groups excluding carboxylic acids is 2. The Morgan fingerprint density at radius 1 is 1.03 bits per heavy atom. The van der Waals surface area contributed by atoms with Gasteiger partial charge in [0, 0.05) is 16.6 Å². The number of ether oxygens (including phenoxy) is 2. The first-order chi connectivity index (χ1) is 15.0. The van der Waals surface area contributed by atoms with Crippen molar-refractivity contribution in [1.29, 1.82) is 0 Å². The van der Waals surface area contributed by atoms with E-state index >= 15 is 0 Å². The number of aromatic hydroxyl groups is 1. The number of amides is 1. The molecule has 3 rings (SSSR count). The molecule has 0 saturated carbocycles. The molecule has 3 aromatic rings. The summed E-state index contributed by atoms with van der Waals surface area (Å²) in [5, 5.41) is 14.4. The van der Waals surface area contributed by atoms with E-state index in [0.29, 0.717) is 23.9 Å². The van der Waals surface area contributed by atoms with Crippen molar-refractivity contribution in [2.24, 2.45) is 0 Å². The summed E-state index contributed by atoms with van der Waals surface area (Å²) in [6.07, 6.45) is -0.239. The van der Waals surface area contributed by atoms with Crippen LogP contribution in [-0.2, 0) is 14.3 Å². The Labute approximate surface area is 186 Å². The van der Waals surface area contributed by atoms with Gasteiger partial charge in [-0.25, -0.2) is 4.79 Å². The van der Waals surface area contributed by atoms with E-state index in [-0.39, 0.29) is 18.1 Å². The van der Waals surface area contributed by atoms with Crippen LogP contribution in [-0.4, -0.2) is 29.5 Å². The van der Waals surface area contributed by atoms with Gasteiger partial charge >= 0.3 is 12.1 Å². The average Bonchev–Trinajstić information content (AvgIpc) is 2.78. The number of hydrogen-bond donors (Lipinski definition) is 3. The zero-order chi connectivity index (χ0) is 22.2. The Morgan fingerprint density at radius 3 is 2.45 bits per heavy atom. The highest BCUT2D eigenvalue weighted by molar-refractivity contribution is 7.81. The van der Waals surface area contributed by atoms with Crippen LogP contribution in [0.4, 0.5) is 10.5 Å². The molecule has 31 heavy (non-hydrogen) atoms. The van der Waals surface area contributed by atoms with Gasteiger partial charge in [0.05, 0.1) is 12.4 Å². The number of carbonyl (C=O) groups is 2. The minimum atomic E-state index is -0.592. The van der Waals surface area contributed by atoms with Gasteiger partial charge in [0.1, 0.15) is 11.9 Å². The van der Waals surface area contributed by atoms with Crippen molar-refractivity contribution in [3.63, 3.8) is 0 Å². The number of benzene rings is 3. The quantitative estimate of drug-likeness (QED) is 0.249. The molecule has 0 saturated heterocycles. The number of aryl methyl sites for hydroxylation is 1. The van der Waals surface area contributed by atoms with Crippen LogP contribution in [0, 0.1) is 6.92 Å². The number of anilines is 1. The fraction of sp³-hybridized carbons (Fsp3) is 0.250. The van der Waals surface area contributed by atoms with Crippen molar-refractivity contribution in [3.8, 4) is 5.75 Å². The molecule has 0 spiro atoms. The number of nitrogens with one attached hydrogen (secondary N) is 1. The third-order valence-corrected chi connectivity index (χ3v) is 5.09. The maximum absolute atomic E-state index is 12.6. The summed E-state index contributed by atoms with van der Waals surface area (Å²) < 4.78 is 10.8. The van der Waals surface area contributed by atoms with Crippen LogP contribution in [0.5, 0.6) is 5.75 Å². The highest BCUT2D eigenvalue weighted by Crippen LogP contribution is 2.34. The summed E-state index contributed by atoms with van der Waals surface area (Å²) in [6, 6.07) is 18.1. The number of phenolic OH excluding ortho intramolecular Hbond substituents is 1. The predicted octanol–water partition coefficient (Wildman–Crippen LogP) is 5.40. The van der Waals surface area contributed by atoms with E-state index in [4.69, 9.17) is 9.47 Å². The van der Waals surface area contributed by atoms with Crippen molar-refractivity contribution in [2.45, 2.75) is 25.9 Å². The molecule has 0 fully saturated rings. The maximum Gasteiger partial charge on any atom is 0.412 e. The van der Waals surface area contributed by atoms with Gasteiger partial charge in [0.25, 0.3) is 0 Å². The SMILES string of the molecule is Cc1ccc(NC(=O)O[C@H](CCCOC(=O)CS)c2ccc(O)c3ccccc23)cc1. The molecule has 1 atom stereocenters. The van der Waals surface area contributed by atoms with E-state index < -0.39 is 18.2 Å². The molecule has 3 aromatic carbocycles. The molecule has 2 N–H and O–H groups in total. The van der Waals surface area contributed by atoms with E-state index in [1.54, 1.807) is 24.3 Å². The molecule has 1 amide bonds. The summed E-state index contributed by atoms with van der Waals surface area (Å²) in [6.45, 7) is 2.17. The summed E-state index contributed by atoms with van der Waals surface area (Å²) in [5.41, 5.74) is 2.49. The standard InChI is InChI=1S/C24H25NO5S/c1-16-8-10-17(11-9-16)25-24(28)30-22(7-4-14-29-23(27)15-31)20-12-13-21(26)19-6-3-2-5-18(19)20/h2-3,5-6,8-13,22,26,31H,4,7,14-15H2,1H3,(H,25,28)/t22-/m1/s1. The topological polar surface area (TPSA) is 84.9 Å². The summed E-state index contributed by atoms with van der Waals surface area (Å²) in [4.78, 5) is 23.9. The van der Waals surface area contributed by atoms with Crippen LogP contribution < -0.4 is 5.32 Å². The van der Waals surface area contributed by atoms with Gasteiger partial charge in [-0.1, -0.05) is 48.0 Å². The molecule has 7 heteroatoms. The molecule has 0 aliphatic rings. The predicted molar refractivity (Wildman–Crippen MR) is 124 cm³/mol. The lowest BCUT2D eigenvalue weighted by Crippen LogP contribution is -2.18. The Hall–Kier alpha value is -3.19. The number of thiol groups is 1. The first-order valence-corrected chi connectivity index (χ1v) is 10.6. The summed E-state index contributed by atoms with van der Waals surface area (Å²) in [7, 11) is 0. The molecule has 0 radical (unpaired) electrons.